The van der Waals surface area contributed by atoms with Crippen molar-refractivity contribution >= 4 is 0 Å². The monoisotopic (exact) mass is 134 g/mol. The summed E-state index contributed by atoms with van der Waals surface area (Å²) in [7, 11) is 0. The number of hydrogen-bond acceptors (Lipinski definition) is 0. The molecule has 2 bridgehead atoms. The van der Waals surface area contributed by atoms with Gasteiger partial charge in [0, 0.05) is 0 Å². The van der Waals surface area contributed by atoms with E-state index in [1.807, 2.05) is 0 Å². The second-order valence-electron chi connectivity index (χ2n) is 4.15. The first-order valence-electron chi connectivity index (χ1n) is 3.99. The fourth-order valence-corrected chi connectivity index (χ4v) is 2.27. The molecular formula is C10H14. The lowest BCUT2D eigenvalue weighted by atomic mass is 9.50. The van der Waals surface area contributed by atoms with Crippen LogP contribution in [0.5, 0.6) is 0 Å². The van der Waals surface area contributed by atoms with E-state index in [1.165, 1.54) is 12.0 Å². The Morgan fingerprint density at radius 2 is 2.30 bits per heavy atom. The van der Waals surface area contributed by atoms with Crippen LogP contribution in [-0.4, -0.2) is 0 Å². The normalized spacial score (nSPS) is 41.2. The van der Waals surface area contributed by atoms with Crippen LogP contribution in [0.4, 0.5) is 0 Å². The molecule has 0 amide bonds. The first-order valence-corrected chi connectivity index (χ1v) is 3.99. The van der Waals surface area contributed by atoms with Crippen molar-refractivity contribution in [2.24, 2.45) is 17.3 Å². The Hall–Kier alpha value is -0.520. The molecule has 0 saturated heterocycles. The Morgan fingerprint density at radius 1 is 1.60 bits per heavy atom. The third-order valence-electron chi connectivity index (χ3n) is 3.33. The molecule has 3 aliphatic rings. The second-order valence-corrected chi connectivity index (χ2v) is 4.15. The minimum absolute atomic E-state index is 0.520. The molecule has 0 aliphatic heterocycles. The van der Waals surface area contributed by atoms with Crippen molar-refractivity contribution < 1.29 is 0 Å². The topological polar surface area (TPSA) is 0 Å². The van der Waals surface area contributed by atoms with Crippen molar-refractivity contribution in [1.82, 2.24) is 0 Å². The summed E-state index contributed by atoms with van der Waals surface area (Å²) >= 11 is 0. The summed E-state index contributed by atoms with van der Waals surface area (Å²) in [6.07, 6.45) is 5.87. The molecule has 2 atom stereocenters. The van der Waals surface area contributed by atoms with Crippen molar-refractivity contribution in [1.29, 1.82) is 0 Å². The van der Waals surface area contributed by atoms with Crippen LogP contribution in [0.1, 0.15) is 20.3 Å². The molecule has 0 N–H and O–H groups in total. The van der Waals surface area contributed by atoms with E-state index in [-0.39, 0.29) is 0 Å². The number of allylic oxidation sites excluding steroid dienone is 3. The second kappa shape index (κ2) is 1.55. The first kappa shape index (κ1) is 6.21. The van der Waals surface area contributed by atoms with E-state index in [0.29, 0.717) is 5.41 Å². The van der Waals surface area contributed by atoms with Crippen molar-refractivity contribution in [2.75, 3.05) is 0 Å². The van der Waals surface area contributed by atoms with E-state index in [1.54, 1.807) is 0 Å². The van der Waals surface area contributed by atoms with Gasteiger partial charge in [-0.1, -0.05) is 38.2 Å². The van der Waals surface area contributed by atoms with Crippen LogP contribution in [-0.2, 0) is 0 Å². The highest BCUT2D eigenvalue weighted by molar-refractivity contribution is 5.32. The zero-order chi connectivity index (χ0) is 7.35. The van der Waals surface area contributed by atoms with Crippen LogP contribution in [0.15, 0.2) is 24.3 Å². The molecule has 3 aliphatic carbocycles. The molecule has 0 aromatic rings. The zero-order valence-electron chi connectivity index (χ0n) is 6.72. The predicted molar refractivity (Wildman–Crippen MR) is 43.7 cm³/mol. The lowest BCUT2D eigenvalue weighted by Gasteiger charge is -2.54. The molecule has 0 unspecified atom stereocenters. The summed E-state index contributed by atoms with van der Waals surface area (Å²) in [5.74, 6) is 1.62. The molecule has 0 heterocycles. The summed E-state index contributed by atoms with van der Waals surface area (Å²) in [5.41, 5.74) is 1.86. The van der Waals surface area contributed by atoms with Crippen LogP contribution in [0.25, 0.3) is 0 Å². The Kier molecular flexibility index (Phi) is 0.964. The zero-order valence-corrected chi connectivity index (χ0v) is 6.72. The van der Waals surface area contributed by atoms with Crippen LogP contribution >= 0.6 is 0 Å². The van der Waals surface area contributed by atoms with Gasteiger partial charge in [-0.15, -0.1) is 0 Å². The minimum atomic E-state index is 0.520. The smallest absolute Gasteiger partial charge is 0.0105 e. The summed E-state index contributed by atoms with van der Waals surface area (Å²) < 4.78 is 0. The van der Waals surface area contributed by atoms with Gasteiger partial charge >= 0.3 is 0 Å². The van der Waals surface area contributed by atoms with E-state index >= 15 is 0 Å². The lowest BCUT2D eigenvalue weighted by molar-refractivity contribution is 0.0335. The third kappa shape index (κ3) is 0.524. The molecule has 10 heavy (non-hydrogen) atoms. The maximum absolute atomic E-state index is 4.04. The average molecular weight is 134 g/mol. The molecule has 0 nitrogen and oxygen atoms in total. The third-order valence-corrected chi connectivity index (χ3v) is 3.33. The largest absolute Gasteiger partial charge is 0.0955 e. The van der Waals surface area contributed by atoms with Gasteiger partial charge in [0.25, 0.3) is 0 Å². The van der Waals surface area contributed by atoms with Crippen LogP contribution in [0.2, 0.25) is 0 Å². The molecule has 0 aromatic heterocycles. The molecular weight excluding hydrogens is 120 g/mol. The molecule has 0 spiro atoms. The Morgan fingerprint density at radius 3 is 2.60 bits per heavy atom. The molecule has 54 valence electrons. The van der Waals surface area contributed by atoms with Gasteiger partial charge in [-0.25, -0.2) is 0 Å². The van der Waals surface area contributed by atoms with Crippen LogP contribution < -0.4 is 0 Å². The van der Waals surface area contributed by atoms with Crippen LogP contribution in [0, 0.1) is 17.3 Å². The number of fused-ring (bicyclic) bond motifs is 1. The highest BCUT2D eigenvalue weighted by Crippen LogP contribution is 2.57. The quantitative estimate of drug-likeness (QED) is 0.478. The Balaban J connectivity index is 2.37. The molecule has 0 heteroatoms. The highest BCUT2D eigenvalue weighted by Gasteiger charge is 2.49. The van der Waals surface area contributed by atoms with Gasteiger partial charge in [-0.05, 0) is 23.7 Å². The van der Waals surface area contributed by atoms with Gasteiger partial charge in [0.2, 0.25) is 0 Å². The summed E-state index contributed by atoms with van der Waals surface area (Å²) in [5, 5.41) is 0. The maximum Gasteiger partial charge on any atom is -0.0105 e. The fraction of sp³-hybridized carbons (Fsp3) is 0.600. The Bertz CT molecular complexity index is 208. The van der Waals surface area contributed by atoms with Crippen LogP contribution in [0.3, 0.4) is 0 Å². The maximum atomic E-state index is 4.04. The van der Waals surface area contributed by atoms with Crippen molar-refractivity contribution in [2.45, 2.75) is 20.3 Å². The minimum Gasteiger partial charge on any atom is -0.0955 e. The van der Waals surface area contributed by atoms with E-state index in [2.05, 4.69) is 32.6 Å². The molecule has 1 saturated carbocycles. The van der Waals surface area contributed by atoms with Gasteiger partial charge in [-0.2, -0.15) is 0 Å². The predicted octanol–water partition coefficient (Wildman–Crippen LogP) is 2.77. The highest BCUT2D eigenvalue weighted by atomic mass is 14.5. The lowest BCUT2D eigenvalue weighted by Crippen LogP contribution is -2.46. The number of rotatable bonds is 0. The van der Waals surface area contributed by atoms with Gasteiger partial charge in [-0.3, -0.25) is 0 Å². The molecule has 0 aromatic carbocycles. The number of hydrogen-bond donors (Lipinski definition) is 0. The molecule has 1 fully saturated rings. The van der Waals surface area contributed by atoms with Crippen molar-refractivity contribution in [3.63, 3.8) is 0 Å². The van der Waals surface area contributed by atoms with E-state index in [0.717, 1.165) is 11.8 Å². The van der Waals surface area contributed by atoms with Gasteiger partial charge in [0.1, 0.15) is 0 Å². The standard InChI is InChI=1S/C10H14/c1-7-4-5-8-6-9(7)10(8,2)3/h4-5,8-9H,1,6H2,2-3H3/t8-,9+/m0/s1. The Labute approximate surface area is 62.6 Å². The van der Waals surface area contributed by atoms with E-state index in [4.69, 9.17) is 0 Å². The summed E-state index contributed by atoms with van der Waals surface area (Å²) in [4.78, 5) is 0. The van der Waals surface area contributed by atoms with Crippen molar-refractivity contribution in [3.8, 4) is 0 Å². The van der Waals surface area contributed by atoms with Gasteiger partial charge < -0.3 is 0 Å². The van der Waals surface area contributed by atoms with E-state index < -0.39 is 0 Å². The molecule has 3 rings (SSSR count). The van der Waals surface area contributed by atoms with Gasteiger partial charge in [0.05, 0.1) is 0 Å². The first-order chi connectivity index (χ1) is 4.62. The summed E-state index contributed by atoms with van der Waals surface area (Å²) in [6.45, 7) is 8.74. The van der Waals surface area contributed by atoms with E-state index in [9.17, 15) is 0 Å². The average Bonchev–Trinajstić information content (AvgIpc) is 1.87. The SMILES string of the molecule is C=C1C=C[C@H]2C[C@H]1C2(C)C. The van der Waals surface area contributed by atoms with Crippen molar-refractivity contribution in [3.05, 3.63) is 24.3 Å². The summed E-state index contributed by atoms with van der Waals surface area (Å²) in [6, 6.07) is 0. The fourth-order valence-electron chi connectivity index (χ4n) is 2.27. The molecule has 0 radical (unpaired) electrons. The van der Waals surface area contributed by atoms with Gasteiger partial charge in [0.15, 0.2) is 0 Å².